The Balaban J connectivity index is 2.18. The lowest BCUT2D eigenvalue weighted by molar-refractivity contribution is 0.156. The minimum Gasteiger partial charge on any atom is -0.389 e. The summed E-state index contributed by atoms with van der Waals surface area (Å²) < 4.78 is 0. The van der Waals surface area contributed by atoms with E-state index in [1.165, 1.54) is 0 Å². The van der Waals surface area contributed by atoms with Gasteiger partial charge in [-0.25, -0.2) is 0 Å². The molecule has 0 saturated carbocycles. The molecule has 10 heavy (non-hydrogen) atoms. The van der Waals surface area contributed by atoms with E-state index in [2.05, 4.69) is 4.99 Å². The molecule has 1 N–H and O–H groups in total. The van der Waals surface area contributed by atoms with Crippen molar-refractivity contribution in [1.82, 2.24) is 4.90 Å². The monoisotopic (exact) mass is 156 g/mol. The van der Waals surface area contributed by atoms with Crippen LogP contribution in [0.1, 0.15) is 0 Å². The van der Waals surface area contributed by atoms with Gasteiger partial charge in [0.25, 0.3) is 0 Å². The van der Waals surface area contributed by atoms with Crippen LogP contribution in [0.25, 0.3) is 0 Å². The summed E-state index contributed by atoms with van der Waals surface area (Å²) in [6.45, 7) is 1.25. The van der Waals surface area contributed by atoms with Gasteiger partial charge in [-0.1, -0.05) is 11.8 Å². The van der Waals surface area contributed by atoms with Crippen LogP contribution in [0, 0.1) is 0 Å². The lowest BCUT2D eigenvalue weighted by Crippen LogP contribution is -2.36. The number of hydrogen-bond acceptors (Lipinski definition) is 4. The highest BCUT2D eigenvalue weighted by atomic mass is 32.2. The number of aliphatic imine (C=N–C) groups is 1. The average Bonchev–Trinajstić information content (AvgIpc) is 2.33. The molecule has 0 saturated heterocycles. The fraction of sp³-hybridized carbons (Fsp3) is 0.500. The molecule has 3 nitrogen and oxygen atoms in total. The summed E-state index contributed by atoms with van der Waals surface area (Å²) in [5.74, 6) is 0. The highest BCUT2D eigenvalue weighted by molar-refractivity contribution is 8.16. The zero-order valence-corrected chi connectivity index (χ0v) is 6.21. The SMILES string of the molecule is O[C@@H]1CN=C2SC=CN2C1. The predicted molar refractivity (Wildman–Crippen MR) is 41.7 cm³/mol. The van der Waals surface area contributed by atoms with Gasteiger partial charge in [-0.3, -0.25) is 4.99 Å². The van der Waals surface area contributed by atoms with Crippen molar-refractivity contribution >= 4 is 16.9 Å². The Morgan fingerprint density at radius 1 is 1.80 bits per heavy atom. The number of hydrogen-bond donors (Lipinski definition) is 1. The molecule has 0 aromatic rings. The van der Waals surface area contributed by atoms with Crippen LogP contribution in [0.2, 0.25) is 0 Å². The maximum Gasteiger partial charge on any atom is 0.167 e. The van der Waals surface area contributed by atoms with E-state index in [4.69, 9.17) is 5.11 Å². The van der Waals surface area contributed by atoms with Gasteiger partial charge in [-0.05, 0) is 5.41 Å². The molecule has 0 aromatic heterocycles. The summed E-state index contributed by atoms with van der Waals surface area (Å²) in [6, 6.07) is 0. The second-order valence-corrected chi connectivity index (χ2v) is 3.21. The van der Waals surface area contributed by atoms with Gasteiger partial charge in [-0.15, -0.1) is 0 Å². The third-order valence-electron chi connectivity index (χ3n) is 1.50. The molecule has 1 atom stereocenters. The Kier molecular flexibility index (Phi) is 1.43. The molecule has 2 rings (SSSR count). The van der Waals surface area contributed by atoms with Crippen molar-refractivity contribution in [3.8, 4) is 0 Å². The van der Waals surface area contributed by atoms with Crippen LogP contribution in [0.3, 0.4) is 0 Å². The molecule has 0 amide bonds. The number of amidine groups is 1. The van der Waals surface area contributed by atoms with Gasteiger partial charge in [0.05, 0.1) is 19.2 Å². The predicted octanol–water partition coefficient (Wildman–Crippen LogP) is 0.237. The van der Waals surface area contributed by atoms with Crippen LogP contribution in [-0.2, 0) is 0 Å². The molecule has 2 aliphatic rings. The largest absolute Gasteiger partial charge is 0.389 e. The first-order valence-electron chi connectivity index (χ1n) is 3.19. The van der Waals surface area contributed by atoms with Gasteiger partial charge in [0.2, 0.25) is 0 Å². The average molecular weight is 156 g/mol. The van der Waals surface area contributed by atoms with Crippen molar-refractivity contribution < 1.29 is 5.11 Å². The molecule has 0 aliphatic carbocycles. The van der Waals surface area contributed by atoms with E-state index in [0.29, 0.717) is 13.1 Å². The molecule has 54 valence electrons. The standard InChI is InChI=1S/C6H8N2OS/c9-5-3-7-6-8(4-5)1-2-10-6/h1-2,5,9H,3-4H2/t5-/m1/s1. The van der Waals surface area contributed by atoms with Crippen LogP contribution < -0.4 is 0 Å². The maximum absolute atomic E-state index is 9.16. The molecule has 0 spiro atoms. The first-order valence-corrected chi connectivity index (χ1v) is 4.07. The summed E-state index contributed by atoms with van der Waals surface area (Å²) in [6.07, 6.45) is 1.67. The Labute approximate surface area is 63.4 Å². The molecule has 2 aliphatic heterocycles. The van der Waals surface area contributed by atoms with E-state index in [9.17, 15) is 0 Å². The van der Waals surface area contributed by atoms with E-state index in [0.717, 1.165) is 5.17 Å². The fourth-order valence-electron chi connectivity index (χ4n) is 1.03. The molecule has 0 fully saturated rings. The van der Waals surface area contributed by atoms with Gasteiger partial charge in [-0.2, -0.15) is 0 Å². The minimum atomic E-state index is -0.285. The quantitative estimate of drug-likeness (QED) is 0.545. The van der Waals surface area contributed by atoms with Crippen LogP contribution in [-0.4, -0.2) is 34.4 Å². The van der Waals surface area contributed by atoms with Gasteiger partial charge >= 0.3 is 0 Å². The molecule has 2 heterocycles. The topological polar surface area (TPSA) is 35.8 Å². The molecule has 0 unspecified atom stereocenters. The fourth-order valence-corrected chi connectivity index (χ4v) is 1.78. The normalized spacial score (nSPS) is 30.3. The Morgan fingerprint density at radius 2 is 2.70 bits per heavy atom. The van der Waals surface area contributed by atoms with E-state index < -0.39 is 0 Å². The smallest absolute Gasteiger partial charge is 0.167 e. The van der Waals surface area contributed by atoms with Crippen molar-refractivity contribution in [2.45, 2.75) is 6.10 Å². The zero-order chi connectivity index (χ0) is 6.97. The summed E-state index contributed by atoms with van der Waals surface area (Å²) in [5, 5.41) is 12.2. The lowest BCUT2D eigenvalue weighted by Gasteiger charge is -2.23. The van der Waals surface area contributed by atoms with Gasteiger partial charge in [0.15, 0.2) is 5.17 Å². The number of nitrogens with zero attached hydrogens (tertiary/aromatic N) is 2. The number of aliphatic hydroxyl groups excluding tert-OH is 1. The van der Waals surface area contributed by atoms with E-state index in [1.54, 1.807) is 11.8 Å². The van der Waals surface area contributed by atoms with Crippen molar-refractivity contribution in [2.24, 2.45) is 4.99 Å². The van der Waals surface area contributed by atoms with E-state index >= 15 is 0 Å². The van der Waals surface area contributed by atoms with Crippen molar-refractivity contribution in [3.63, 3.8) is 0 Å². The molecule has 4 heteroatoms. The van der Waals surface area contributed by atoms with Crippen LogP contribution in [0.15, 0.2) is 16.6 Å². The van der Waals surface area contributed by atoms with E-state index in [1.807, 2.05) is 16.5 Å². The zero-order valence-electron chi connectivity index (χ0n) is 5.40. The summed E-state index contributed by atoms with van der Waals surface area (Å²) in [7, 11) is 0. The summed E-state index contributed by atoms with van der Waals surface area (Å²) in [5.41, 5.74) is 0. The highest BCUT2D eigenvalue weighted by Gasteiger charge is 2.21. The van der Waals surface area contributed by atoms with Crippen LogP contribution in [0.5, 0.6) is 0 Å². The van der Waals surface area contributed by atoms with Gasteiger partial charge < -0.3 is 10.0 Å². The van der Waals surface area contributed by atoms with Crippen molar-refractivity contribution in [3.05, 3.63) is 11.6 Å². The van der Waals surface area contributed by atoms with Gasteiger partial charge in [0, 0.05) is 6.20 Å². The number of rotatable bonds is 0. The molecule has 0 radical (unpaired) electrons. The van der Waals surface area contributed by atoms with Crippen molar-refractivity contribution in [1.29, 1.82) is 0 Å². The number of thioether (sulfide) groups is 1. The second kappa shape index (κ2) is 2.29. The third-order valence-corrected chi connectivity index (χ3v) is 2.34. The lowest BCUT2D eigenvalue weighted by atomic mass is 10.3. The Hall–Kier alpha value is -0.480. The van der Waals surface area contributed by atoms with Crippen LogP contribution in [0.4, 0.5) is 0 Å². The van der Waals surface area contributed by atoms with Gasteiger partial charge in [0.1, 0.15) is 0 Å². The first kappa shape index (κ1) is 6.24. The number of fused-ring (bicyclic) bond motifs is 1. The summed E-state index contributed by atoms with van der Waals surface area (Å²) in [4.78, 5) is 6.14. The minimum absolute atomic E-state index is 0.285. The highest BCUT2D eigenvalue weighted by Crippen LogP contribution is 2.22. The van der Waals surface area contributed by atoms with E-state index in [-0.39, 0.29) is 6.10 Å². The maximum atomic E-state index is 9.16. The third kappa shape index (κ3) is 0.932. The summed E-state index contributed by atoms with van der Waals surface area (Å²) >= 11 is 1.61. The number of aliphatic hydroxyl groups is 1. The van der Waals surface area contributed by atoms with Crippen LogP contribution >= 0.6 is 11.8 Å². The second-order valence-electron chi connectivity index (χ2n) is 2.33. The van der Waals surface area contributed by atoms with Crippen molar-refractivity contribution in [2.75, 3.05) is 13.1 Å². The molecular formula is C6H8N2OS. The Bertz CT molecular complexity index is 202. The molecular weight excluding hydrogens is 148 g/mol. The molecule has 0 aromatic carbocycles. The Morgan fingerprint density at radius 3 is 3.60 bits per heavy atom. The first-order chi connectivity index (χ1) is 4.86. The molecule has 0 bridgehead atoms.